The van der Waals surface area contributed by atoms with Gasteiger partial charge in [-0.25, -0.2) is 0 Å². The minimum atomic E-state index is 0.0626. The number of anilines is 4. The maximum absolute atomic E-state index is 2.68. The molecule has 54 heavy (non-hydrogen) atoms. The van der Waals surface area contributed by atoms with Crippen molar-refractivity contribution in [2.45, 2.75) is 76.3 Å². The van der Waals surface area contributed by atoms with Gasteiger partial charge in [0.15, 0.2) is 0 Å². The number of benzene rings is 7. The summed E-state index contributed by atoms with van der Waals surface area (Å²) in [6.45, 7) is 9.97. The SMILES string of the molecule is CC1CCC2c3cc(-c4c5ccccc5c(-c5ccc6c(c5)C5CCC(C)C5(C)N6c5ccccc5)c5ccccc45)ccc3N(c3ccccc3)C12C. The van der Waals surface area contributed by atoms with Crippen molar-refractivity contribution in [3.8, 4) is 22.3 Å². The van der Waals surface area contributed by atoms with Crippen LogP contribution in [0.2, 0.25) is 0 Å². The summed E-state index contributed by atoms with van der Waals surface area (Å²) in [5.41, 5.74) is 13.9. The number of hydrogen-bond donors (Lipinski definition) is 0. The summed E-state index contributed by atoms with van der Waals surface area (Å²) in [5, 5.41) is 5.32. The summed E-state index contributed by atoms with van der Waals surface area (Å²) in [6, 6.07) is 55.4. The second kappa shape index (κ2) is 11.6. The predicted octanol–water partition coefficient (Wildman–Crippen LogP) is 14.2. The molecule has 0 saturated heterocycles. The zero-order valence-electron chi connectivity index (χ0n) is 31.9. The van der Waals surface area contributed by atoms with Crippen LogP contribution in [0.4, 0.5) is 22.7 Å². The van der Waals surface area contributed by atoms with E-state index in [1.165, 1.54) is 103 Å². The van der Waals surface area contributed by atoms with Gasteiger partial charge >= 0.3 is 0 Å². The van der Waals surface area contributed by atoms with Crippen molar-refractivity contribution in [2.75, 3.05) is 9.80 Å². The molecule has 2 nitrogen and oxygen atoms in total. The lowest BCUT2D eigenvalue weighted by molar-refractivity contribution is 0.355. The second-order valence-electron chi connectivity index (χ2n) is 17.2. The van der Waals surface area contributed by atoms with Crippen LogP contribution in [0.15, 0.2) is 146 Å². The predicted molar refractivity (Wildman–Crippen MR) is 229 cm³/mol. The van der Waals surface area contributed by atoms with Gasteiger partial charge in [0.25, 0.3) is 0 Å². The van der Waals surface area contributed by atoms with E-state index in [0.29, 0.717) is 23.7 Å². The average Bonchev–Trinajstić information content (AvgIpc) is 3.85. The van der Waals surface area contributed by atoms with Crippen LogP contribution in [0.5, 0.6) is 0 Å². The van der Waals surface area contributed by atoms with E-state index in [4.69, 9.17) is 0 Å². The fourth-order valence-electron chi connectivity index (χ4n) is 12.0. The summed E-state index contributed by atoms with van der Waals surface area (Å²) in [4.78, 5) is 5.35. The third kappa shape index (κ3) is 4.17. The van der Waals surface area contributed by atoms with Gasteiger partial charge in [-0.2, -0.15) is 0 Å². The second-order valence-corrected chi connectivity index (χ2v) is 17.2. The van der Waals surface area contributed by atoms with Crippen molar-refractivity contribution in [1.82, 2.24) is 0 Å². The summed E-state index contributed by atoms with van der Waals surface area (Å²) in [7, 11) is 0. The van der Waals surface area contributed by atoms with Gasteiger partial charge in [-0.1, -0.05) is 111 Å². The Kier molecular flexibility index (Phi) is 6.89. The maximum atomic E-state index is 2.68. The monoisotopic (exact) mass is 700 g/mol. The van der Waals surface area contributed by atoms with Crippen LogP contribution in [-0.4, -0.2) is 11.1 Å². The minimum absolute atomic E-state index is 0.0626. The quantitative estimate of drug-likeness (QED) is 0.169. The first-order valence-electron chi connectivity index (χ1n) is 20.3. The van der Waals surface area contributed by atoms with Gasteiger partial charge in [-0.15, -0.1) is 0 Å². The number of fused-ring (bicyclic) bond motifs is 8. The molecule has 7 aromatic rings. The molecule has 6 unspecified atom stereocenters. The third-order valence-corrected chi connectivity index (χ3v) is 15.0. The fourth-order valence-corrected chi connectivity index (χ4v) is 12.0. The Morgan fingerprint density at radius 1 is 0.426 bits per heavy atom. The first-order chi connectivity index (χ1) is 26.4. The number of para-hydroxylation sites is 2. The Balaban J connectivity index is 1.11. The largest absolute Gasteiger partial charge is 0.334 e. The van der Waals surface area contributed by atoms with Crippen LogP contribution < -0.4 is 9.80 Å². The molecule has 0 radical (unpaired) electrons. The van der Waals surface area contributed by atoms with Gasteiger partial charge in [0.2, 0.25) is 0 Å². The molecule has 266 valence electrons. The molecule has 0 bridgehead atoms. The van der Waals surface area contributed by atoms with Gasteiger partial charge in [-0.05, 0) is 155 Å². The number of nitrogens with zero attached hydrogens (tertiary/aromatic N) is 2. The molecule has 2 fully saturated rings. The average molecular weight is 701 g/mol. The maximum Gasteiger partial charge on any atom is 0.0518 e. The smallest absolute Gasteiger partial charge is 0.0518 e. The van der Waals surface area contributed by atoms with E-state index in [9.17, 15) is 0 Å². The number of hydrogen-bond acceptors (Lipinski definition) is 2. The molecular formula is C52H48N2. The first-order valence-corrected chi connectivity index (χ1v) is 20.3. The van der Waals surface area contributed by atoms with Crippen LogP contribution in [0, 0.1) is 11.8 Å². The lowest BCUT2D eigenvalue weighted by Gasteiger charge is -2.41. The summed E-state index contributed by atoms with van der Waals surface area (Å²) in [6.07, 6.45) is 4.99. The van der Waals surface area contributed by atoms with Crippen LogP contribution >= 0.6 is 0 Å². The third-order valence-electron chi connectivity index (χ3n) is 15.0. The molecule has 6 atom stereocenters. The Morgan fingerprint density at radius 2 is 0.778 bits per heavy atom. The minimum Gasteiger partial charge on any atom is -0.334 e. The van der Waals surface area contributed by atoms with Gasteiger partial charge in [0.1, 0.15) is 0 Å². The highest BCUT2D eigenvalue weighted by molar-refractivity contribution is 6.21. The molecule has 0 amide bonds. The van der Waals surface area contributed by atoms with Gasteiger partial charge < -0.3 is 9.80 Å². The standard InChI is InChI=1S/C52H48N2/c1-33-23-27-45-43-31-35(25-29-47(43)53(51(33,45)3)37-15-7-5-8-16-37)49-39-19-11-13-21-41(39)50(42-22-14-12-20-40(42)49)36-26-30-48-44(32-36)46-28-24-34(2)52(46,4)54(48)38-17-9-6-10-18-38/h5-22,25-26,29-34,45-46H,23-24,27-28H2,1-4H3. The van der Waals surface area contributed by atoms with Crippen LogP contribution in [0.1, 0.15) is 76.3 Å². The highest BCUT2D eigenvalue weighted by Crippen LogP contribution is 2.63. The van der Waals surface area contributed by atoms with Crippen molar-refractivity contribution < 1.29 is 0 Å². The van der Waals surface area contributed by atoms with Gasteiger partial charge in [0.05, 0.1) is 11.1 Å². The van der Waals surface area contributed by atoms with Crippen molar-refractivity contribution in [3.63, 3.8) is 0 Å². The normalized spacial score (nSPS) is 26.7. The first kappa shape index (κ1) is 32.1. The molecule has 2 heterocycles. The highest BCUT2D eigenvalue weighted by atomic mass is 15.3. The molecule has 0 N–H and O–H groups in total. The summed E-state index contributed by atoms with van der Waals surface area (Å²) in [5.74, 6) is 2.23. The van der Waals surface area contributed by atoms with E-state index in [1.54, 1.807) is 0 Å². The Hall–Kier alpha value is -5.34. The highest BCUT2D eigenvalue weighted by Gasteiger charge is 2.56. The molecule has 0 aromatic heterocycles. The fraction of sp³-hybridized carbons (Fsp3) is 0.269. The molecule has 4 aliphatic rings. The molecule has 2 aliphatic carbocycles. The number of rotatable bonds is 4. The van der Waals surface area contributed by atoms with Crippen LogP contribution in [0.25, 0.3) is 43.8 Å². The molecule has 11 rings (SSSR count). The topological polar surface area (TPSA) is 6.48 Å². The van der Waals surface area contributed by atoms with Crippen molar-refractivity contribution in [2.24, 2.45) is 11.8 Å². The van der Waals surface area contributed by atoms with E-state index in [2.05, 4.69) is 183 Å². The lowest BCUT2D eigenvalue weighted by Crippen LogP contribution is -2.45. The molecule has 2 aliphatic heterocycles. The van der Waals surface area contributed by atoms with Crippen LogP contribution in [-0.2, 0) is 0 Å². The van der Waals surface area contributed by atoms with E-state index >= 15 is 0 Å². The van der Waals surface area contributed by atoms with E-state index in [1.807, 2.05) is 0 Å². The molecule has 2 saturated carbocycles. The Labute approximate surface area is 320 Å². The van der Waals surface area contributed by atoms with E-state index in [0.717, 1.165) is 0 Å². The van der Waals surface area contributed by atoms with Crippen LogP contribution in [0.3, 0.4) is 0 Å². The van der Waals surface area contributed by atoms with Crippen molar-refractivity contribution in [1.29, 1.82) is 0 Å². The zero-order valence-corrected chi connectivity index (χ0v) is 31.9. The van der Waals surface area contributed by atoms with Crippen molar-refractivity contribution >= 4 is 44.3 Å². The summed E-state index contributed by atoms with van der Waals surface area (Å²) < 4.78 is 0. The van der Waals surface area contributed by atoms with E-state index in [-0.39, 0.29) is 11.1 Å². The summed E-state index contributed by atoms with van der Waals surface area (Å²) >= 11 is 0. The molecule has 2 heteroatoms. The zero-order chi connectivity index (χ0) is 36.3. The van der Waals surface area contributed by atoms with Crippen molar-refractivity contribution in [3.05, 3.63) is 157 Å². The Morgan fingerprint density at radius 3 is 1.15 bits per heavy atom. The Bertz CT molecular complexity index is 2370. The molecule has 0 spiro atoms. The van der Waals surface area contributed by atoms with Gasteiger partial charge in [-0.3, -0.25) is 0 Å². The van der Waals surface area contributed by atoms with E-state index < -0.39 is 0 Å². The lowest BCUT2D eigenvalue weighted by atomic mass is 9.80. The van der Waals surface area contributed by atoms with Gasteiger partial charge in [0, 0.05) is 34.6 Å². The molecule has 7 aromatic carbocycles. The molecular weight excluding hydrogens is 653 g/mol.